The normalized spacial score (nSPS) is 14.2. The summed E-state index contributed by atoms with van der Waals surface area (Å²) >= 11 is 0. The van der Waals surface area contributed by atoms with Crippen molar-refractivity contribution in [3.05, 3.63) is 79.1 Å². The first kappa shape index (κ1) is 20.9. The molecule has 1 saturated heterocycles. The van der Waals surface area contributed by atoms with Crippen molar-refractivity contribution in [3.8, 4) is 33.8 Å². The summed E-state index contributed by atoms with van der Waals surface area (Å²) in [5.74, 6) is 0. The van der Waals surface area contributed by atoms with E-state index >= 15 is 0 Å². The second-order valence-electron chi connectivity index (χ2n) is 9.30. The van der Waals surface area contributed by atoms with Crippen molar-refractivity contribution in [2.24, 2.45) is 0 Å². The number of hydrogen-bond acceptors (Lipinski definition) is 6. The summed E-state index contributed by atoms with van der Waals surface area (Å²) in [6.07, 6.45) is 13.7. The van der Waals surface area contributed by atoms with Crippen molar-refractivity contribution in [1.29, 1.82) is 0 Å². The van der Waals surface area contributed by atoms with E-state index < -0.39 is 0 Å². The van der Waals surface area contributed by atoms with Crippen LogP contribution in [0.5, 0.6) is 0 Å². The molecule has 1 aliphatic rings. The van der Waals surface area contributed by atoms with Crippen LogP contribution in [0.3, 0.4) is 0 Å². The lowest BCUT2D eigenvalue weighted by molar-refractivity contribution is 0.331. The summed E-state index contributed by atoms with van der Waals surface area (Å²) in [4.78, 5) is 24.1. The number of pyridine rings is 4. The van der Waals surface area contributed by atoms with Crippen LogP contribution in [-0.4, -0.2) is 53.1 Å². The summed E-state index contributed by atoms with van der Waals surface area (Å²) in [5.41, 5.74) is 8.71. The minimum Gasteiger partial charge on any atom is -0.353 e. The van der Waals surface area contributed by atoms with Gasteiger partial charge in [0.25, 0.3) is 0 Å². The van der Waals surface area contributed by atoms with Gasteiger partial charge in [-0.25, -0.2) is 4.98 Å². The molecule has 7 heterocycles. The summed E-state index contributed by atoms with van der Waals surface area (Å²) < 4.78 is 0. The minimum atomic E-state index is 0.680. The van der Waals surface area contributed by atoms with E-state index in [1.165, 1.54) is 31.5 Å². The summed E-state index contributed by atoms with van der Waals surface area (Å²) in [6.45, 7) is 3.27. The molecule has 0 radical (unpaired) electrons. The fourth-order valence-electron chi connectivity index (χ4n) is 5.12. The van der Waals surface area contributed by atoms with E-state index in [0.717, 1.165) is 56.6 Å². The van der Waals surface area contributed by atoms with E-state index in [4.69, 9.17) is 0 Å². The molecule has 0 saturated carbocycles. The Balaban J connectivity index is 1.28. The highest BCUT2D eigenvalue weighted by atomic mass is 15.2. The molecule has 0 atom stereocenters. The molecular weight excluding hydrogens is 448 g/mol. The van der Waals surface area contributed by atoms with Crippen molar-refractivity contribution in [1.82, 2.24) is 40.0 Å². The molecule has 0 aromatic carbocycles. The van der Waals surface area contributed by atoms with Gasteiger partial charge in [0.1, 0.15) is 0 Å². The predicted molar refractivity (Wildman–Crippen MR) is 140 cm³/mol. The average Bonchev–Trinajstić information content (AvgIpc) is 3.68. The monoisotopic (exact) mass is 472 g/mol. The summed E-state index contributed by atoms with van der Waals surface area (Å²) in [6, 6.07) is 12.4. The second-order valence-corrected chi connectivity index (χ2v) is 9.30. The molecule has 1 fully saturated rings. The molecular formula is C28H24N8. The molecule has 0 aliphatic carbocycles. The van der Waals surface area contributed by atoms with E-state index in [-0.39, 0.29) is 0 Å². The van der Waals surface area contributed by atoms with Gasteiger partial charge in [-0.15, -0.1) is 0 Å². The summed E-state index contributed by atoms with van der Waals surface area (Å²) in [5, 5.41) is 9.64. The molecule has 8 nitrogen and oxygen atoms in total. The first-order valence-electron chi connectivity index (χ1n) is 12.2. The van der Waals surface area contributed by atoms with Crippen LogP contribution in [0.25, 0.3) is 55.7 Å². The van der Waals surface area contributed by atoms with Gasteiger partial charge in [-0.3, -0.25) is 25.0 Å². The van der Waals surface area contributed by atoms with Crippen LogP contribution in [0.4, 0.5) is 0 Å². The van der Waals surface area contributed by atoms with Crippen molar-refractivity contribution < 1.29 is 0 Å². The maximum Gasteiger partial charge on any atom is 0.181 e. The third-order valence-corrected chi connectivity index (χ3v) is 6.90. The first-order chi connectivity index (χ1) is 17.8. The molecule has 176 valence electrons. The van der Waals surface area contributed by atoms with Crippen molar-refractivity contribution in [2.75, 3.05) is 13.1 Å². The van der Waals surface area contributed by atoms with Gasteiger partial charge >= 0.3 is 0 Å². The van der Waals surface area contributed by atoms with Gasteiger partial charge in [-0.2, -0.15) is 5.10 Å². The number of aromatic nitrogens is 7. The predicted octanol–water partition coefficient (Wildman–Crippen LogP) is 5.22. The van der Waals surface area contributed by atoms with Crippen LogP contribution in [0.2, 0.25) is 0 Å². The van der Waals surface area contributed by atoms with E-state index in [1.807, 2.05) is 49.2 Å². The minimum absolute atomic E-state index is 0.680. The number of nitrogens with one attached hydrogen (secondary N) is 2. The average molecular weight is 473 g/mol. The molecule has 1 aliphatic heterocycles. The Bertz CT molecular complexity index is 1680. The molecule has 0 spiro atoms. The number of hydrogen-bond donors (Lipinski definition) is 2. The highest BCUT2D eigenvalue weighted by Crippen LogP contribution is 2.33. The Morgan fingerprint density at radius 3 is 2.58 bits per heavy atom. The van der Waals surface area contributed by atoms with Crippen molar-refractivity contribution in [2.45, 2.75) is 19.4 Å². The second kappa shape index (κ2) is 8.66. The number of aromatic amines is 2. The van der Waals surface area contributed by atoms with Crippen LogP contribution in [0.15, 0.2) is 73.6 Å². The van der Waals surface area contributed by atoms with Gasteiger partial charge in [0.15, 0.2) is 5.65 Å². The van der Waals surface area contributed by atoms with Crippen LogP contribution in [-0.2, 0) is 6.54 Å². The topological polar surface area (TPSA) is 99.3 Å². The Kier molecular flexibility index (Phi) is 5.03. The van der Waals surface area contributed by atoms with Crippen LogP contribution in [0, 0.1) is 0 Å². The van der Waals surface area contributed by atoms with Gasteiger partial charge in [-0.1, -0.05) is 0 Å². The standard InChI is InChI=1S/C28H24N8/c1-2-9-36(8-1)17-18-10-20(15-30-13-18)21-11-23-27(34-35-28(23)32-16-21)25-12-22-24(33-25)5-7-31-26(22)19-4-3-6-29-14-19/h3-7,10-16,33H,1-2,8-9,17H2,(H,32,34,35). The van der Waals surface area contributed by atoms with E-state index in [9.17, 15) is 0 Å². The smallest absolute Gasteiger partial charge is 0.181 e. The largest absolute Gasteiger partial charge is 0.353 e. The number of likely N-dealkylation sites (tertiary alicyclic amines) is 1. The third kappa shape index (κ3) is 3.72. The molecule has 0 amide bonds. The lowest BCUT2D eigenvalue weighted by atomic mass is 10.1. The van der Waals surface area contributed by atoms with E-state index in [0.29, 0.717) is 5.65 Å². The summed E-state index contributed by atoms with van der Waals surface area (Å²) in [7, 11) is 0. The zero-order valence-corrected chi connectivity index (χ0v) is 19.6. The molecule has 36 heavy (non-hydrogen) atoms. The third-order valence-electron chi connectivity index (χ3n) is 6.90. The number of H-pyrrole nitrogens is 2. The van der Waals surface area contributed by atoms with Gasteiger partial charge in [0, 0.05) is 76.7 Å². The molecule has 6 aromatic heterocycles. The van der Waals surface area contributed by atoms with E-state index in [2.05, 4.69) is 58.2 Å². The van der Waals surface area contributed by atoms with E-state index in [1.54, 1.807) is 6.20 Å². The molecule has 0 unspecified atom stereocenters. The molecule has 0 bridgehead atoms. The molecule has 7 rings (SSSR count). The highest BCUT2D eigenvalue weighted by molar-refractivity contribution is 5.99. The molecule has 2 N–H and O–H groups in total. The highest BCUT2D eigenvalue weighted by Gasteiger charge is 2.16. The maximum absolute atomic E-state index is 4.64. The van der Waals surface area contributed by atoms with Gasteiger partial charge in [0.05, 0.1) is 17.1 Å². The van der Waals surface area contributed by atoms with Crippen molar-refractivity contribution >= 4 is 21.9 Å². The SMILES string of the molecule is c1cncc(-c2nccc3[nH]c(-c4[nH]nc5ncc(-c6cncc(CN7CCCC7)c6)cc45)cc23)c1. The Morgan fingerprint density at radius 1 is 0.806 bits per heavy atom. The first-order valence-corrected chi connectivity index (χ1v) is 12.2. The molecule has 6 aromatic rings. The van der Waals surface area contributed by atoms with Gasteiger partial charge < -0.3 is 4.98 Å². The fourth-order valence-corrected chi connectivity index (χ4v) is 5.12. The molecule has 8 heteroatoms. The van der Waals surface area contributed by atoms with Crippen LogP contribution < -0.4 is 0 Å². The van der Waals surface area contributed by atoms with Crippen LogP contribution >= 0.6 is 0 Å². The Labute approximate surface area is 207 Å². The van der Waals surface area contributed by atoms with Crippen molar-refractivity contribution in [3.63, 3.8) is 0 Å². The Morgan fingerprint density at radius 2 is 1.69 bits per heavy atom. The van der Waals surface area contributed by atoms with Gasteiger partial charge in [0.2, 0.25) is 0 Å². The number of fused-ring (bicyclic) bond motifs is 2. The lowest BCUT2D eigenvalue weighted by Crippen LogP contribution is -2.18. The zero-order valence-electron chi connectivity index (χ0n) is 19.6. The quantitative estimate of drug-likeness (QED) is 0.357. The number of nitrogens with zero attached hydrogens (tertiary/aromatic N) is 6. The zero-order chi connectivity index (χ0) is 23.9. The maximum atomic E-state index is 4.64. The lowest BCUT2D eigenvalue weighted by Gasteiger charge is -2.14. The van der Waals surface area contributed by atoms with Gasteiger partial charge in [-0.05, 0) is 67.9 Å². The van der Waals surface area contributed by atoms with Crippen LogP contribution in [0.1, 0.15) is 18.4 Å². The fraction of sp³-hybridized carbons (Fsp3) is 0.179. The number of rotatable bonds is 5. The Hall–Kier alpha value is -4.43.